The fourth-order valence-corrected chi connectivity index (χ4v) is 3.79. The minimum Gasteiger partial charge on any atom is -0.496 e. The third-order valence-electron chi connectivity index (χ3n) is 5.21. The maximum Gasteiger partial charge on any atom is 0.335 e. The molecule has 0 aliphatic carbocycles. The molecule has 4 rings (SSSR count). The van der Waals surface area contributed by atoms with Gasteiger partial charge >= 0.3 is 6.03 Å². The van der Waals surface area contributed by atoms with Crippen molar-refractivity contribution in [2.75, 3.05) is 12.0 Å². The van der Waals surface area contributed by atoms with Gasteiger partial charge in [-0.25, -0.2) is 9.69 Å². The minimum absolute atomic E-state index is 0.185. The normalized spacial score (nSPS) is 14.9. The molecule has 1 aliphatic heterocycles. The van der Waals surface area contributed by atoms with E-state index in [9.17, 15) is 14.4 Å². The van der Waals surface area contributed by atoms with Crippen LogP contribution in [0.1, 0.15) is 16.7 Å². The average molecular weight is 521 g/mol. The molecule has 1 heterocycles. The summed E-state index contributed by atoms with van der Waals surface area (Å²) in [6.45, 7) is 2.41. The number of aryl methyl sites for hydroxylation is 1. The molecule has 1 fully saturated rings. The Morgan fingerprint density at radius 1 is 0.971 bits per heavy atom. The van der Waals surface area contributed by atoms with E-state index in [4.69, 9.17) is 9.47 Å². The van der Waals surface area contributed by atoms with Gasteiger partial charge in [0.25, 0.3) is 11.8 Å². The zero-order chi connectivity index (χ0) is 24.2. The van der Waals surface area contributed by atoms with E-state index in [1.165, 1.54) is 18.7 Å². The maximum atomic E-state index is 13.2. The number of nitrogens with zero attached hydrogens (tertiary/aromatic N) is 1. The van der Waals surface area contributed by atoms with Crippen molar-refractivity contribution in [3.63, 3.8) is 0 Å². The largest absolute Gasteiger partial charge is 0.496 e. The molecule has 1 aliphatic rings. The van der Waals surface area contributed by atoms with Gasteiger partial charge in [-0.05, 0) is 61.0 Å². The maximum absolute atomic E-state index is 13.2. The SMILES string of the molecule is COc1ccc(Br)cc1/C=C1\C(=O)NC(=O)N(c2ccc(OCc3ccc(C)cc3)cc2)C1=O. The Kier molecular flexibility index (Phi) is 6.79. The lowest BCUT2D eigenvalue weighted by Gasteiger charge is -2.26. The van der Waals surface area contributed by atoms with Crippen molar-refractivity contribution in [2.45, 2.75) is 13.5 Å². The second kappa shape index (κ2) is 9.93. The molecule has 7 nitrogen and oxygen atoms in total. The van der Waals surface area contributed by atoms with Gasteiger partial charge in [0.15, 0.2) is 0 Å². The van der Waals surface area contributed by atoms with Crippen LogP contribution in [0.5, 0.6) is 11.5 Å². The van der Waals surface area contributed by atoms with Crippen molar-refractivity contribution in [1.82, 2.24) is 5.32 Å². The number of urea groups is 1. The highest BCUT2D eigenvalue weighted by Gasteiger charge is 2.37. The van der Waals surface area contributed by atoms with Crippen LogP contribution in [0.2, 0.25) is 0 Å². The molecule has 0 spiro atoms. The molecular formula is C26H21BrN2O5. The van der Waals surface area contributed by atoms with E-state index in [1.807, 2.05) is 31.2 Å². The zero-order valence-electron chi connectivity index (χ0n) is 18.5. The summed E-state index contributed by atoms with van der Waals surface area (Å²) in [6, 6.07) is 18.9. The van der Waals surface area contributed by atoms with Crippen molar-refractivity contribution in [2.24, 2.45) is 0 Å². The Morgan fingerprint density at radius 3 is 2.35 bits per heavy atom. The summed E-state index contributed by atoms with van der Waals surface area (Å²) >= 11 is 3.37. The molecule has 172 valence electrons. The molecule has 4 amide bonds. The molecule has 0 unspecified atom stereocenters. The summed E-state index contributed by atoms with van der Waals surface area (Å²) in [4.78, 5) is 39.0. The quantitative estimate of drug-likeness (QED) is 0.364. The zero-order valence-corrected chi connectivity index (χ0v) is 20.1. The van der Waals surface area contributed by atoms with Gasteiger partial charge in [0.2, 0.25) is 0 Å². The summed E-state index contributed by atoms with van der Waals surface area (Å²) in [5.41, 5.74) is 2.84. The summed E-state index contributed by atoms with van der Waals surface area (Å²) in [7, 11) is 1.49. The summed E-state index contributed by atoms with van der Waals surface area (Å²) in [6.07, 6.45) is 1.40. The molecule has 3 aromatic carbocycles. The van der Waals surface area contributed by atoms with Gasteiger partial charge in [-0.3, -0.25) is 14.9 Å². The van der Waals surface area contributed by atoms with Crippen LogP contribution >= 0.6 is 15.9 Å². The Bertz CT molecular complexity index is 1280. The molecule has 0 bridgehead atoms. The number of imide groups is 2. The molecule has 0 atom stereocenters. The van der Waals surface area contributed by atoms with E-state index < -0.39 is 17.8 Å². The highest BCUT2D eigenvalue weighted by molar-refractivity contribution is 9.10. The number of methoxy groups -OCH3 is 1. The number of ether oxygens (including phenoxy) is 2. The van der Waals surface area contributed by atoms with E-state index in [0.29, 0.717) is 29.4 Å². The van der Waals surface area contributed by atoms with E-state index in [-0.39, 0.29) is 5.57 Å². The summed E-state index contributed by atoms with van der Waals surface area (Å²) < 4.78 is 11.9. The molecule has 34 heavy (non-hydrogen) atoms. The van der Waals surface area contributed by atoms with E-state index in [0.717, 1.165) is 14.9 Å². The van der Waals surface area contributed by atoms with Crippen LogP contribution in [0.15, 0.2) is 76.8 Å². The Hall–Kier alpha value is -3.91. The van der Waals surface area contributed by atoms with Gasteiger partial charge in [0.1, 0.15) is 23.7 Å². The lowest BCUT2D eigenvalue weighted by Crippen LogP contribution is -2.54. The van der Waals surface area contributed by atoms with Crippen molar-refractivity contribution in [1.29, 1.82) is 0 Å². The summed E-state index contributed by atoms with van der Waals surface area (Å²) in [5.74, 6) is -0.440. The minimum atomic E-state index is -0.818. The predicted molar refractivity (Wildman–Crippen MR) is 132 cm³/mol. The standard InChI is InChI=1S/C26H21BrN2O5/c1-16-3-5-17(6-4-16)15-34-21-10-8-20(9-11-21)29-25(31)22(24(30)28-26(29)32)14-18-13-19(27)7-12-23(18)33-2/h3-14H,15H2,1-2H3,(H,28,30,32)/b22-14+. The van der Waals surface area contributed by atoms with Gasteiger partial charge < -0.3 is 9.47 Å². The molecule has 0 aromatic heterocycles. The number of hydrogen-bond acceptors (Lipinski definition) is 5. The molecule has 0 radical (unpaired) electrons. The Morgan fingerprint density at radius 2 is 1.68 bits per heavy atom. The van der Waals surface area contributed by atoms with E-state index in [2.05, 4.69) is 21.2 Å². The first-order valence-corrected chi connectivity index (χ1v) is 11.2. The van der Waals surface area contributed by atoms with Gasteiger partial charge in [-0.2, -0.15) is 0 Å². The Balaban J connectivity index is 1.56. The van der Waals surface area contributed by atoms with Crippen LogP contribution in [-0.4, -0.2) is 25.0 Å². The van der Waals surface area contributed by atoms with Gasteiger partial charge in [0, 0.05) is 10.0 Å². The Labute approximate surface area is 205 Å². The number of anilines is 1. The van der Waals surface area contributed by atoms with Crippen LogP contribution in [-0.2, 0) is 16.2 Å². The van der Waals surface area contributed by atoms with E-state index >= 15 is 0 Å². The van der Waals surface area contributed by atoms with Crippen LogP contribution in [0, 0.1) is 6.92 Å². The molecular weight excluding hydrogens is 500 g/mol. The fraction of sp³-hybridized carbons (Fsp3) is 0.115. The van der Waals surface area contributed by atoms with Crippen LogP contribution < -0.4 is 19.7 Å². The van der Waals surface area contributed by atoms with Crippen LogP contribution in [0.25, 0.3) is 6.08 Å². The fourth-order valence-electron chi connectivity index (χ4n) is 3.41. The molecule has 1 N–H and O–H groups in total. The number of carbonyl (C=O) groups excluding carboxylic acids is 3. The number of carbonyl (C=O) groups is 3. The highest BCUT2D eigenvalue weighted by atomic mass is 79.9. The number of nitrogens with one attached hydrogen (secondary N) is 1. The predicted octanol–water partition coefficient (Wildman–Crippen LogP) is 5.01. The molecule has 8 heteroatoms. The second-order valence-electron chi connectivity index (χ2n) is 7.61. The molecule has 3 aromatic rings. The van der Waals surface area contributed by atoms with Gasteiger partial charge in [0.05, 0.1) is 12.8 Å². The lowest BCUT2D eigenvalue weighted by molar-refractivity contribution is -0.122. The number of barbiturate groups is 1. The number of halogens is 1. The van der Waals surface area contributed by atoms with Crippen molar-refractivity contribution >= 4 is 45.5 Å². The van der Waals surface area contributed by atoms with Crippen molar-refractivity contribution < 1.29 is 23.9 Å². The third kappa shape index (κ3) is 5.02. The monoisotopic (exact) mass is 520 g/mol. The number of amides is 4. The second-order valence-corrected chi connectivity index (χ2v) is 8.53. The average Bonchev–Trinajstić information content (AvgIpc) is 2.82. The first kappa shape index (κ1) is 23.3. The lowest BCUT2D eigenvalue weighted by atomic mass is 10.1. The first-order chi connectivity index (χ1) is 16.4. The first-order valence-electron chi connectivity index (χ1n) is 10.4. The van der Waals surface area contributed by atoms with Crippen LogP contribution in [0.3, 0.4) is 0 Å². The third-order valence-corrected chi connectivity index (χ3v) is 5.71. The van der Waals surface area contributed by atoms with Gasteiger partial charge in [-0.15, -0.1) is 0 Å². The number of benzene rings is 3. The van der Waals surface area contributed by atoms with Crippen molar-refractivity contribution in [3.8, 4) is 11.5 Å². The molecule has 1 saturated heterocycles. The topological polar surface area (TPSA) is 84.9 Å². The summed E-state index contributed by atoms with van der Waals surface area (Å²) in [5, 5.41) is 2.22. The smallest absolute Gasteiger partial charge is 0.335 e. The van der Waals surface area contributed by atoms with Crippen LogP contribution in [0.4, 0.5) is 10.5 Å². The van der Waals surface area contributed by atoms with Crippen molar-refractivity contribution in [3.05, 3.63) is 93.5 Å². The van der Waals surface area contributed by atoms with E-state index in [1.54, 1.807) is 42.5 Å². The highest BCUT2D eigenvalue weighted by Crippen LogP contribution is 2.28. The number of rotatable bonds is 6. The van der Waals surface area contributed by atoms with Gasteiger partial charge in [-0.1, -0.05) is 45.8 Å². The number of hydrogen-bond donors (Lipinski definition) is 1. The molecule has 0 saturated carbocycles.